The van der Waals surface area contributed by atoms with Gasteiger partial charge in [-0.15, -0.1) is 0 Å². The number of methoxy groups -OCH3 is 1. The fourth-order valence-electron chi connectivity index (χ4n) is 1.99. The van der Waals surface area contributed by atoms with Crippen molar-refractivity contribution in [2.45, 2.75) is 6.54 Å². The average molecular weight is 311 g/mol. The lowest BCUT2D eigenvalue weighted by molar-refractivity contribution is 0.316. The Kier molecular flexibility index (Phi) is 3.46. The van der Waals surface area contributed by atoms with Crippen molar-refractivity contribution in [3.05, 3.63) is 52.6 Å². The Bertz CT molecular complexity index is 622. The van der Waals surface area contributed by atoms with E-state index in [9.17, 15) is 0 Å². The molecule has 0 aromatic heterocycles. The number of nitrogens with zero attached hydrogens (tertiary/aromatic N) is 2. The zero-order chi connectivity index (χ0) is 14.1. The van der Waals surface area contributed by atoms with Crippen LogP contribution in [-0.4, -0.2) is 17.4 Å². The highest BCUT2D eigenvalue weighted by molar-refractivity contribution is 6.65. The molecular weight excluding hydrogens is 299 g/mol. The van der Waals surface area contributed by atoms with Gasteiger partial charge in [0, 0.05) is 6.20 Å². The molecule has 0 bridgehead atoms. The third kappa shape index (κ3) is 2.55. The van der Waals surface area contributed by atoms with E-state index in [2.05, 4.69) is 15.7 Å². The molecule has 0 fully saturated rings. The molecular formula is C13H12Cl2N4O. The minimum atomic E-state index is 0.262. The molecule has 2 N–H and O–H groups in total. The number of fused-ring (bicyclic) bond motifs is 1. The summed E-state index contributed by atoms with van der Waals surface area (Å²) in [5.74, 6) is 0.835. The Labute approximate surface area is 126 Å². The van der Waals surface area contributed by atoms with Crippen molar-refractivity contribution in [3.8, 4) is 5.75 Å². The van der Waals surface area contributed by atoms with Gasteiger partial charge >= 0.3 is 0 Å². The minimum Gasteiger partial charge on any atom is -0.497 e. The van der Waals surface area contributed by atoms with Crippen molar-refractivity contribution in [1.29, 1.82) is 0 Å². The van der Waals surface area contributed by atoms with Gasteiger partial charge in [-0.25, -0.2) is 4.99 Å². The lowest BCUT2D eigenvalue weighted by Gasteiger charge is -2.18. The van der Waals surface area contributed by atoms with Crippen LogP contribution in [0.5, 0.6) is 5.75 Å². The van der Waals surface area contributed by atoms with Gasteiger partial charge in [0.15, 0.2) is 0 Å². The van der Waals surface area contributed by atoms with Crippen LogP contribution in [0.15, 0.2) is 52.0 Å². The number of nitrogens with one attached hydrogen (secondary N) is 2. The molecule has 1 aromatic carbocycles. The fraction of sp³-hybridized carbons (Fsp3) is 0.154. The molecule has 104 valence electrons. The van der Waals surface area contributed by atoms with Crippen LogP contribution in [-0.2, 0) is 6.54 Å². The quantitative estimate of drug-likeness (QED) is 0.842. The van der Waals surface area contributed by atoms with Crippen molar-refractivity contribution in [3.63, 3.8) is 0 Å². The van der Waals surface area contributed by atoms with Crippen LogP contribution in [0.25, 0.3) is 0 Å². The molecule has 0 aliphatic carbocycles. The second-order valence-corrected chi connectivity index (χ2v) is 5.05. The Morgan fingerprint density at radius 2 is 2.00 bits per heavy atom. The van der Waals surface area contributed by atoms with Gasteiger partial charge in [-0.05, 0) is 29.3 Å². The van der Waals surface area contributed by atoms with Crippen molar-refractivity contribution in [1.82, 2.24) is 15.8 Å². The number of benzene rings is 1. The lowest BCUT2D eigenvalue weighted by Crippen LogP contribution is -2.30. The first-order chi connectivity index (χ1) is 9.65. The Morgan fingerprint density at radius 3 is 2.70 bits per heavy atom. The molecule has 2 aliphatic rings. The second-order valence-electron chi connectivity index (χ2n) is 4.32. The average Bonchev–Trinajstić information content (AvgIpc) is 2.82. The van der Waals surface area contributed by atoms with Crippen LogP contribution in [0.2, 0.25) is 0 Å². The molecule has 3 rings (SSSR count). The van der Waals surface area contributed by atoms with Crippen LogP contribution < -0.4 is 15.5 Å². The van der Waals surface area contributed by atoms with E-state index in [4.69, 9.17) is 27.9 Å². The number of rotatable bonds is 3. The van der Waals surface area contributed by atoms with Crippen molar-refractivity contribution >= 4 is 28.5 Å². The largest absolute Gasteiger partial charge is 0.497 e. The first-order valence-corrected chi connectivity index (χ1v) is 6.71. The van der Waals surface area contributed by atoms with Gasteiger partial charge in [-0.2, -0.15) is 0 Å². The van der Waals surface area contributed by atoms with Gasteiger partial charge in [0.1, 0.15) is 22.3 Å². The van der Waals surface area contributed by atoms with Crippen LogP contribution in [0.3, 0.4) is 0 Å². The molecule has 0 saturated carbocycles. The highest BCUT2D eigenvalue weighted by Gasteiger charge is 2.24. The molecule has 7 heteroatoms. The molecule has 0 spiro atoms. The van der Waals surface area contributed by atoms with Gasteiger partial charge in [0.05, 0.1) is 13.7 Å². The normalized spacial score (nSPS) is 17.1. The number of halogens is 2. The molecule has 0 amide bonds. The molecule has 1 aromatic rings. The number of ether oxygens (including phenoxy) is 1. The maximum absolute atomic E-state index is 6.08. The zero-order valence-electron chi connectivity index (χ0n) is 10.7. The Morgan fingerprint density at radius 1 is 1.25 bits per heavy atom. The number of aliphatic imine (C=N–C) groups is 1. The monoisotopic (exact) mass is 310 g/mol. The molecule has 20 heavy (non-hydrogen) atoms. The zero-order valence-corrected chi connectivity index (χ0v) is 12.2. The Balaban J connectivity index is 1.75. The summed E-state index contributed by atoms with van der Waals surface area (Å²) < 4.78 is 5.14. The van der Waals surface area contributed by atoms with Crippen molar-refractivity contribution < 1.29 is 4.74 Å². The van der Waals surface area contributed by atoms with E-state index < -0.39 is 0 Å². The highest BCUT2D eigenvalue weighted by Crippen LogP contribution is 2.26. The van der Waals surface area contributed by atoms with Gasteiger partial charge < -0.3 is 10.1 Å². The molecule has 0 unspecified atom stereocenters. The fourth-order valence-corrected chi connectivity index (χ4v) is 2.45. The first kappa shape index (κ1) is 13.1. The predicted molar refractivity (Wildman–Crippen MR) is 79.1 cm³/mol. The highest BCUT2D eigenvalue weighted by atomic mass is 35.5. The van der Waals surface area contributed by atoms with Gasteiger partial charge in [0.25, 0.3) is 0 Å². The molecule has 2 heterocycles. The molecule has 2 aliphatic heterocycles. The van der Waals surface area contributed by atoms with Gasteiger partial charge in [-0.3, -0.25) is 10.4 Å². The van der Waals surface area contributed by atoms with Gasteiger partial charge in [0.2, 0.25) is 5.29 Å². The molecule has 0 saturated heterocycles. The summed E-state index contributed by atoms with van der Waals surface area (Å²) in [6.07, 6.45) is 1.87. The number of amidine groups is 1. The summed E-state index contributed by atoms with van der Waals surface area (Å²) in [5, 5.41) is 5.36. The smallest absolute Gasteiger partial charge is 0.201 e. The summed E-state index contributed by atoms with van der Waals surface area (Å²) in [6, 6.07) is 7.86. The first-order valence-electron chi connectivity index (χ1n) is 5.95. The van der Waals surface area contributed by atoms with E-state index in [-0.39, 0.29) is 5.29 Å². The third-order valence-electron chi connectivity index (χ3n) is 2.95. The van der Waals surface area contributed by atoms with Crippen LogP contribution in [0.1, 0.15) is 5.56 Å². The predicted octanol–water partition coefficient (Wildman–Crippen LogP) is 2.46. The lowest BCUT2D eigenvalue weighted by atomic mass is 10.2. The SMILES string of the molecule is COc1ccc(CN2C=C3N=C(Cl)NC(Cl)=C3N2)cc1. The summed E-state index contributed by atoms with van der Waals surface area (Å²) in [5.41, 5.74) is 5.74. The number of hydrogen-bond donors (Lipinski definition) is 2. The third-order valence-corrected chi connectivity index (χ3v) is 3.42. The van der Waals surface area contributed by atoms with E-state index in [1.807, 2.05) is 35.5 Å². The minimum absolute atomic E-state index is 0.262. The van der Waals surface area contributed by atoms with Crippen molar-refractivity contribution in [2.75, 3.05) is 7.11 Å². The second kappa shape index (κ2) is 5.26. The summed E-state index contributed by atoms with van der Waals surface area (Å²) in [4.78, 5) is 4.18. The number of hydrazine groups is 1. The van der Waals surface area contributed by atoms with E-state index >= 15 is 0 Å². The van der Waals surface area contributed by atoms with E-state index in [0.29, 0.717) is 17.4 Å². The summed E-state index contributed by atoms with van der Waals surface area (Å²) in [6.45, 7) is 0.675. The van der Waals surface area contributed by atoms with E-state index in [0.717, 1.165) is 17.0 Å². The van der Waals surface area contributed by atoms with E-state index in [1.165, 1.54) is 0 Å². The summed E-state index contributed by atoms with van der Waals surface area (Å²) in [7, 11) is 1.65. The summed E-state index contributed by atoms with van der Waals surface area (Å²) >= 11 is 11.9. The molecule has 5 nitrogen and oxygen atoms in total. The standard InChI is InChI=1S/C13H12Cl2N4O/c1-20-9-4-2-8(3-5-9)6-19-7-10-11(18-19)12(14)17-13(15)16-10/h2-5,7,18H,6H2,1H3,(H,16,17). The molecule has 0 atom stereocenters. The van der Waals surface area contributed by atoms with Crippen LogP contribution in [0, 0.1) is 0 Å². The van der Waals surface area contributed by atoms with E-state index in [1.54, 1.807) is 7.11 Å². The maximum Gasteiger partial charge on any atom is 0.201 e. The van der Waals surface area contributed by atoms with Gasteiger partial charge in [-0.1, -0.05) is 23.7 Å². The number of hydrogen-bond acceptors (Lipinski definition) is 5. The maximum atomic E-state index is 6.08. The van der Waals surface area contributed by atoms with Crippen molar-refractivity contribution in [2.24, 2.45) is 4.99 Å². The van der Waals surface area contributed by atoms with Crippen LogP contribution >= 0.6 is 23.2 Å². The van der Waals surface area contributed by atoms with Crippen LogP contribution in [0.4, 0.5) is 0 Å². The Hall–Kier alpha value is -1.85. The topological polar surface area (TPSA) is 48.9 Å². The molecule has 0 radical (unpaired) electrons.